The number of carbonyl (C=O) groups is 2. The van der Waals surface area contributed by atoms with Gasteiger partial charge < -0.3 is 10.2 Å². The average molecular weight is 838 g/mol. The zero-order valence-electron chi connectivity index (χ0n) is 24.5. The molecule has 0 atom stereocenters. The highest BCUT2D eigenvalue weighted by Gasteiger charge is 2.89. The van der Waals surface area contributed by atoms with E-state index >= 15 is 0 Å². The van der Waals surface area contributed by atoms with Crippen molar-refractivity contribution in [3.8, 4) is 0 Å². The minimum absolute atomic E-state index is 0.0211. The van der Waals surface area contributed by atoms with Gasteiger partial charge in [0.25, 0.3) is 0 Å². The summed E-state index contributed by atoms with van der Waals surface area (Å²) in [7, 11) is 0. The molecule has 0 radical (unpaired) electrons. The van der Waals surface area contributed by atoms with Gasteiger partial charge in [-0.2, -0.15) is 87.8 Å². The first-order valence-electron chi connectivity index (χ1n) is 12.6. The summed E-state index contributed by atoms with van der Waals surface area (Å²) in [5.41, 5.74) is -4.86. The van der Waals surface area contributed by atoms with Crippen LogP contribution in [0.1, 0.15) is 5.56 Å². The fourth-order valence-electron chi connectivity index (χ4n) is 3.72. The Bertz CT molecular complexity index is 1510. The fraction of sp³-hybridized carbons (Fsp3) is 0.652. The zero-order chi connectivity index (χ0) is 42.7. The topological polar surface area (TPSA) is 81.1 Å². The first-order valence-corrected chi connectivity index (χ1v) is 12.6. The molecule has 1 aromatic rings. The van der Waals surface area contributed by atoms with Crippen molar-refractivity contribution in [3.63, 3.8) is 0 Å². The third kappa shape index (κ3) is 7.20. The molecule has 1 aromatic carbocycles. The van der Waals surface area contributed by atoms with Crippen molar-refractivity contribution in [2.75, 3.05) is 22.9 Å². The zero-order valence-corrected chi connectivity index (χ0v) is 24.5. The Morgan fingerprint density at radius 3 is 1.11 bits per heavy atom. The Morgan fingerprint density at radius 1 is 0.528 bits per heavy atom. The van der Waals surface area contributed by atoms with Crippen molar-refractivity contribution in [1.29, 1.82) is 0 Å². The van der Waals surface area contributed by atoms with E-state index in [2.05, 4.69) is 0 Å². The van der Waals surface area contributed by atoms with E-state index in [1.165, 1.54) is 0 Å². The van der Waals surface area contributed by atoms with Gasteiger partial charge in [-0.1, -0.05) is 6.07 Å². The van der Waals surface area contributed by atoms with Gasteiger partial charge >= 0.3 is 84.3 Å². The molecule has 2 N–H and O–H groups in total. The van der Waals surface area contributed by atoms with Gasteiger partial charge in [-0.25, -0.2) is 27.2 Å². The molecule has 308 valence electrons. The largest absolute Gasteiger partial charge is 0.465 e. The van der Waals surface area contributed by atoms with Crippen molar-refractivity contribution in [1.82, 2.24) is 0 Å². The summed E-state index contributed by atoms with van der Waals surface area (Å²) in [4.78, 5) is 20.4. The summed E-state index contributed by atoms with van der Waals surface area (Å²) in [6.07, 6.45) is -18.2. The lowest BCUT2D eigenvalue weighted by atomic mass is 9.94. The van der Waals surface area contributed by atoms with E-state index in [0.29, 0.717) is 6.92 Å². The molecule has 6 nitrogen and oxygen atoms in total. The number of alkyl halides is 24. The van der Waals surface area contributed by atoms with Crippen LogP contribution in [0.2, 0.25) is 0 Å². The van der Waals surface area contributed by atoms with Gasteiger partial charge in [0.2, 0.25) is 0 Å². The van der Waals surface area contributed by atoms with Gasteiger partial charge in [0.05, 0.1) is 18.8 Å². The maximum Gasteiger partial charge on any atom is 0.412 e. The summed E-state index contributed by atoms with van der Waals surface area (Å²) in [5.74, 6) is -77.6. The highest BCUT2D eigenvalue weighted by Crippen LogP contribution is 2.60. The summed E-state index contributed by atoms with van der Waals surface area (Å²) in [5, 5.41) is 18.4. The standard InChI is InChI=1S/C23H14F24N2O4/c1-7-2-3-8(48(12(50)51)5-14(28,29)18(36,37)22(44,45)20(40,41)16(32,33)10(24)25)4-9(7)49(13(52)53)6-15(30,31)19(38,39)23(46,47)21(42,43)17(34,35)11(26)27/h2-4,10-11H,5-6H2,1H3,(H,50,51)(H,52,53). The first-order chi connectivity index (χ1) is 23.1. The van der Waals surface area contributed by atoms with Gasteiger partial charge in [0.1, 0.15) is 0 Å². The summed E-state index contributed by atoms with van der Waals surface area (Å²) < 4.78 is 326. The Labute approximate surface area is 275 Å². The summed E-state index contributed by atoms with van der Waals surface area (Å²) in [6, 6.07) is -0.414. The molecular weight excluding hydrogens is 824 g/mol. The van der Waals surface area contributed by atoms with Crippen LogP contribution in [0.25, 0.3) is 0 Å². The number of nitrogens with zero attached hydrogens (tertiary/aromatic N) is 2. The van der Waals surface area contributed by atoms with Gasteiger partial charge in [-0.05, 0) is 24.6 Å². The van der Waals surface area contributed by atoms with E-state index in [-0.39, 0.29) is 12.1 Å². The predicted molar refractivity (Wildman–Crippen MR) is 123 cm³/mol. The van der Waals surface area contributed by atoms with Crippen LogP contribution in [-0.4, -0.2) is 108 Å². The number of halogens is 24. The van der Waals surface area contributed by atoms with Crippen LogP contribution in [-0.2, 0) is 0 Å². The Balaban J connectivity index is 3.83. The molecule has 0 heterocycles. The van der Waals surface area contributed by atoms with Gasteiger partial charge in [-0.15, -0.1) is 0 Å². The number of anilines is 2. The smallest absolute Gasteiger partial charge is 0.412 e. The van der Waals surface area contributed by atoms with E-state index in [1.807, 2.05) is 0 Å². The highest BCUT2D eigenvalue weighted by atomic mass is 19.4. The number of hydrogen-bond donors (Lipinski definition) is 2. The number of amides is 2. The summed E-state index contributed by atoms with van der Waals surface area (Å²) in [6.45, 7) is -6.88. The normalized spacial score (nSPS) is 14.9. The second-order valence-corrected chi connectivity index (χ2v) is 10.4. The van der Waals surface area contributed by atoms with Crippen molar-refractivity contribution in [2.45, 2.75) is 79.0 Å². The average Bonchev–Trinajstić information content (AvgIpc) is 2.97. The monoisotopic (exact) mass is 838 g/mol. The molecule has 0 aliphatic rings. The molecule has 53 heavy (non-hydrogen) atoms. The molecule has 0 aliphatic carbocycles. The van der Waals surface area contributed by atoms with Crippen LogP contribution >= 0.6 is 0 Å². The fourth-order valence-corrected chi connectivity index (χ4v) is 3.72. The Kier molecular flexibility index (Phi) is 12.2. The maximum absolute atomic E-state index is 14.5. The number of aryl methyl sites for hydroxylation is 1. The lowest BCUT2D eigenvalue weighted by Crippen LogP contribution is -2.70. The van der Waals surface area contributed by atoms with Crippen LogP contribution in [0, 0.1) is 6.92 Å². The maximum atomic E-state index is 14.5. The molecule has 0 aromatic heterocycles. The van der Waals surface area contributed by atoms with Crippen LogP contribution in [0.3, 0.4) is 0 Å². The van der Waals surface area contributed by atoms with Crippen LogP contribution in [0.15, 0.2) is 18.2 Å². The molecule has 30 heteroatoms. The molecular formula is C23H14F24N2O4. The van der Waals surface area contributed by atoms with Crippen LogP contribution in [0.4, 0.5) is 126 Å². The third-order valence-corrected chi connectivity index (χ3v) is 6.85. The van der Waals surface area contributed by atoms with E-state index < -0.39 is 130 Å². The molecule has 0 saturated heterocycles. The molecule has 0 saturated carbocycles. The number of hydrogen-bond acceptors (Lipinski definition) is 2. The molecule has 1 rings (SSSR count). The lowest BCUT2D eigenvalue weighted by Gasteiger charge is -2.40. The van der Waals surface area contributed by atoms with Crippen molar-refractivity contribution in [2.24, 2.45) is 0 Å². The molecule has 0 unspecified atom stereocenters. The van der Waals surface area contributed by atoms with E-state index in [0.717, 1.165) is 0 Å². The SMILES string of the molecule is Cc1ccc(N(CC(F)(F)C(F)(F)C(F)(F)C(F)(F)C(F)(F)C(F)F)C(=O)O)cc1N(CC(F)(F)C(F)(F)C(F)(F)C(F)(F)C(F)(F)C(F)F)C(=O)O. The number of benzene rings is 1. The molecule has 0 spiro atoms. The van der Waals surface area contributed by atoms with Gasteiger partial charge in [0.15, 0.2) is 0 Å². The second-order valence-electron chi connectivity index (χ2n) is 10.4. The lowest BCUT2D eigenvalue weighted by molar-refractivity contribution is -0.411. The molecule has 0 aliphatic heterocycles. The van der Waals surface area contributed by atoms with Gasteiger partial charge in [-0.3, -0.25) is 9.80 Å². The number of carboxylic acid groups (broad SMARTS) is 2. The quantitative estimate of drug-likeness (QED) is 0.163. The molecule has 0 fully saturated rings. The van der Waals surface area contributed by atoms with Crippen LogP contribution < -0.4 is 9.80 Å². The van der Waals surface area contributed by atoms with Crippen LogP contribution in [0.5, 0.6) is 0 Å². The predicted octanol–water partition coefficient (Wildman–Crippen LogP) is 9.85. The third-order valence-electron chi connectivity index (χ3n) is 6.85. The van der Waals surface area contributed by atoms with Crippen molar-refractivity contribution >= 4 is 23.6 Å². The second kappa shape index (κ2) is 13.7. The van der Waals surface area contributed by atoms with Gasteiger partial charge in [0, 0.05) is 5.69 Å². The molecule has 2 amide bonds. The minimum atomic E-state index is -8.21. The van der Waals surface area contributed by atoms with E-state index in [4.69, 9.17) is 5.11 Å². The Morgan fingerprint density at radius 2 is 0.830 bits per heavy atom. The Hall–Kier alpha value is -3.92. The van der Waals surface area contributed by atoms with Crippen molar-refractivity contribution in [3.05, 3.63) is 23.8 Å². The highest BCUT2D eigenvalue weighted by molar-refractivity contribution is 5.91. The number of rotatable bonds is 16. The summed E-state index contributed by atoms with van der Waals surface area (Å²) >= 11 is 0. The minimum Gasteiger partial charge on any atom is -0.465 e. The van der Waals surface area contributed by atoms with Crippen molar-refractivity contribution < 1.29 is 125 Å². The molecule has 0 bridgehead atoms. The van der Waals surface area contributed by atoms with E-state index in [9.17, 15) is 120 Å². The first kappa shape index (κ1) is 47.1. The van der Waals surface area contributed by atoms with E-state index in [1.54, 1.807) is 0 Å².